The Morgan fingerprint density at radius 3 is 2.24 bits per heavy atom. The molecule has 4 aromatic rings. The lowest BCUT2D eigenvalue weighted by Gasteiger charge is -2.20. The lowest BCUT2D eigenvalue weighted by atomic mass is 10.1. The van der Waals surface area contributed by atoms with Crippen LogP contribution in [0.4, 0.5) is 21.1 Å². The van der Waals surface area contributed by atoms with E-state index < -0.39 is 23.7 Å². The van der Waals surface area contributed by atoms with Gasteiger partial charge in [0.15, 0.2) is 5.82 Å². The van der Waals surface area contributed by atoms with Crippen molar-refractivity contribution < 1.29 is 23.9 Å². The summed E-state index contributed by atoms with van der Waals surface area (Å²) in [7, 11) is 0. The van der Waals surface area contributed by atoms with E-state index in [9.17, 15) is 14.4 Å². The zero-order valence-electron chi connectivity index (χ0n) is 23.0. The number of benzene rings is 2. The standard InChI is InChI=1S/C31H31N5O5/c1-31(2,3)41-30(39)35-26-16-15-25(23-9-5-4-6-10-23)34-27(26)36-28(37)24-13-11-21(12-14-24)19-33-29(38)40-20-22-8-7-17-32-18-22/h4-18H,19-20H2,1-3H3,(H,33,38)(H,35,39)(H,34,36,37). The molecule has 0 fully saturated rings. The third kappa shape index (κ3) is 8.89. The first-order valence-corrected chi connectivity index (χ1v) is 12.9. The van der Waals surface area contributed by atoms with Crippen LogP contribution in [0.1, 0.15) is 42.3 Å². The van der Waals surface area contributed by atoms with Crippen LogP contribution in [0.5, 0.6) is 0 Å². The Balaban J connectivity index is 1.41. The molecule has 0 saturated heterocycles. The van der Waals surface area contributed by atoms with Gasteiger partial charge in [-0.05, 0) is 56.7 Å². The highest BCUT2D eigenvalue weighted by atomic mass is 16.6. The number of carbonyl (C=O) groups is 3. The van der Waals surface area contributed by atoms with Crippen molar-refractivity contribution in [2.45, 2.75) is 39.5 Å². The van der Waals surface area contributed by atoms with Gasteiger partial charge in [0.1, 0.15) is 12.2 Å². The minimum absolute atomic E-state index is 0.114. The topological polar surface area (TPSA) is 132 Å². The van der Waals surface area contributed by atoms with Gasteiger partial charge in [-0.2, -0.15) is 0 Å². The number of rotatable bonds is 8. The molecule has 0 unspecified atom stereocenters. The molecule has 0 bridgehead atoms. The molecule has 4 rings (SSSR count). The highest BCUT2D eigenvalue weighted by Gasteiger charge is 2.19. The third-order valence-electron chi connectivity index (χ3n) is 5.58. The first-order chi connectivity index (χ1) is 19.7. The van der Waals surface area contributed by atoms with Gasteiger partial charge in [-0.15, -0.1) is 0 Å². The maximum absolute atomic E-state index is 13.1. The van der Waals surface area contributed by atoms with Gasteiger partial charge in [0, 0.05) is 35.6 Å². The van der Waals surface area contributed by atoms with E-state index in [0.717, 1.165) is 16.7 Å². The van der Waals surface area contributed by atoms with E-state index in [2.05, 4.69) is 25.9 Å². The Labute approximate surface area is 238 Å². The summed E-state index contributed by atoms with van der Waals surface area (Å²) in [5.74, 6) is -0.255. The smallest absolute Gasteiger partial charge is 0.412 e. The first kappa shape index (κ1) is 28.8. The number of hydrogen-bond acceptors (Lipinski definition) is 7. The number of aromatic nitrogens is 2. The Morgan fingerprint density at radius 1 is 0.805 bits per heavy atom. The van der Waals surface area contributed by atoms with E-state index in [-0.39, 0.29) is 24.7 Å². The predicted molar refractivity (Wildman–Crippen MR) is 155 cm³/mol. The molecule has 3 amide bonds. The molecule has 0 atom stereocenters. The average Bonchev–Trinajstić information content (AvgIpc) is 2.96. The van der Waals surface area contributed by atoms with E-state index in [4.69, 9.17) is 9.47 Å². The predicted octanol–water partition coefficient (Wildman–Crippen LogP) is 6.17. The molecule has 3 N–H and O–H groups in total. The molecule has 0 saturated carbocycles. The van der Waals surface area contributed by atoms with Gasteiger partial charge >= 0.3 is 12.2 Å². The number of nitrogens with zero attached hydrogens (tertiary/aromatic N) is 2. The summed E-state index contributed by atoms with van der Waals surface area (Å²) in [6, 6.07) is 23.2. The van der Waals surface area contributed by atoms with Crippen LogP contribution >= 0.6 is 0 Å². The van der Waals surface area contributed by atoms with Gasteiger partial charge in [0.05, 0.1) is 11.4 Å². The summed E-state index contributed by atoms with van der Waals surface area (Å²) in [5, 5.41) is 8.13. The van der Waals surface area contributed by atoms with Crippen molar-refractivity contribution >= 4 is 29.6 Å². The first-order valence-electron chi connectivity index (χ1n) is 12.9. The second-order valence-corrected chi connectivity index (χ2v) is 10.0. The zero-order valence-corrected chi connectivity index (χ0v) is 23.0. The Hall–Kier alpha value is -5.25. The van der Waals surface area contributed by atoms with Crippen LogP contribution in [0, 0.1) is 0 Å². The van der Waals surface area contributed by atoms with Gasteiger partial charge in [0.25, 0.3) is 5.91 Å². The van der Waals surface area contributed by atoms with Crippen LogP contribution in [0.25, 0.3) is 11.3 Å². The number of hydrogen-bond donors (Lipinski definition) is 3. The maximum Gasteiger partial charge on any atom is 0.412 e. The molecule has 2 aromatic heterocycles. The zero-order chi connectivity index (χ0) is 29.2. The molecule has 2 aromatic carbocycles. The van der Waals surface area contributed by atoms with Crippen LogP contribution in [0.3, 0.4) is 0 Å². The monoisotopic (exact) mass is 553 g/mol. The Bertz CT molecular complexity index is 1490. The molecule has 10 heteroatoms. The molecular formula is C31H31N5O5. The fourth-order valence-electron chi connectivity index (χ4n) is 3.65. The number of anilines is 2. The lowest BCUT2D eigenvalue weighted by Crippen LogP contribution is -2.27. The molecule has 0 aliphatic carbocycles. The van der Waals surface area contributed by atoms with Gasteiger partial charge in [-0.25, -0.2) is 14.6 Å². The molecule has 10 nitrogen and oxygen atoms in total. The SMILES string of the molecule is CC(C)(C)OC(=O)Nc1ccc(-c2ccccc2)nc1NC(=O)c1ccc(CNC(=O)OCc2cccnc2)cc1. The Morgan fingerprint density at radius 2 is 1.56 bits per heavy atom. The van der Waals surface area contributed by atoms with Crippen LogP contribution in [-0.4, -0.2) is 33.7 Å². The quantitative estimate of drug-likeness (QED) is 0.238. The highest BCUT2D eigenvalue weighted by Crippen LogP contribution is 2.26. The van der Waals surface area contributed by atoms with Crippen molar-refractivity contribution in [3.8, 4) is 11.3 Å². The van der Waals surface area contributed by atoms with Crippen molar-refractivity contribution in [3.63, 3.8) is 0 Å². The minimum atomic E-state index is -0.697. The van der Waals surface area contributed by atoms with Crippen molar-refractivity contribution in [1.29, 1.82) is 0 Å². The molecule has 0 aliphatic rings. The molecular weight excluding hydrogens is 522 g/mol. The van der Waals surface area contributed by atoms with E-state index in [1.807, 2.05) is 36.4 Å². The summed E-state index contributed by atoms with van der Waals surface area (Å²) in [4.78, 5) is 46.2. The summed E-state index contributed by atoms with van der Waals surface area (Å²) in [6.07, 6.45) is 2.04. The van der Waals surface area contributed by atoms with Crippen molar-refractivity contribution in [3.05, 3.63) is 108 Å². The normalized spacial score (nSPS) is 10.8. The van der Waals surface area contributed by atoms with Crippen molar-refractivity contribution in [2.24, 2.45) is 0 Å². The number of pyridine rings is 2. The average molecular weight is 554 g/mol. The summed E-state index contributed by atoms with van der Waals surface area (Å²) < 4.78 is 10.5. The number of ether oxygens (including phenoxy) is 2. The molecule has 0 spiro atoms. The van der Waals surface area contributed by atoms with Gasteiger partial charge < -0.3 is 20.1 Å². The van der Waals surface area contributed by atoms with Crippen molar-refractivity contribution in [1.82, 2.24) is 15.3 Å². The van der Waals surface area contributed by atoms with Gasteiger partial charge in [-0.3, -0.25) is 15.1 Å². The fraction of sp³-hybridized carbons (Fsp3) is 0.194. The summed E-state index contributed by atoms with van der Waals surface area (Å²) in [6.45, 7) is 5.62. The molecule has 2 heterocycles. The number of nitrogens with one attached hydrogen (secondary N) is 3. The highest BCUT2D eigenvalue weighted by molar-refractivity contribution is 6.06. The number of amides is 3. The van der Waals surface area contributed by atoms with Crippen LogP contribution < -0.4 is 16.0 Å². The summed E-state index contributed by atoms with van der Waals surface area (Å²) >= 11 is 0. The van der Waals surface area contributed by atoms with E-state index >= 15 is 0 Å². The van der Waals surface area contributed by atoms with E-state index in [1.54, 1.807) is 75.6 Å². The second-order valence-electron chi connectivity index (χ2n) is 10.0. The molecule has 210 valence electrons. The molecule has 0 aliphatic heterocycles. The molecule has 41 heavy (non-hydrogen) atoms. The fourth-order valence-corrected chi connectivity index (χ4v) is 3.65. The second kappa shape index (κ2) is 13.2. The number of alkyl carbamates (subject to hydrolysis) is 1. The number of carbonyl (C=O) groups excluding carboxylic acids is 3. The summed E-state index contributed by atoms with van der Waals surface area (Å²) in [5.41, 5.74) is 2.98. The van der Waals surface area contributed by atoms with E-state index in [0.29, 0.717) is 11.3 Å². The Kier molecular flexibility index (Phi) is 9.26. The van der Waals surface area contributed by atoms with Crippen LogP contribution in [0.2, 0.25) is 0 Å². The van der Waals surface area contributed by atoms with Crippen LogP contribution in [-0.2, 0) is 22.6 Å². The van der Waals surface area contributed by atoms with E-state index in [1.165, 1.54) is 0 Å². The minimum Gasteiger partial charge on any atom is -0.445 e. The van der Waals surface area contributed by atoms with Crippen LogP contribution in [0.15, 0.2) is 91.3 Å². The van der Waals surface area contributed by atoms with Gasteiger partial charge in [0.2, 0.25) is 0 Å². The lowest BCUT2D eigenvalue weighted by molar-refractivity contribution is 0.0635. The molecule has 0 radical (unpaired) electrons. The maximum atomic E-state index is 13.1. The van der Waals surface area contributed by atoms with Crippen molar-refractivity contribution in [2.75, 3.05) is 10.6 Å². The third-order valence-corrected chi connectivity index (χ3v) is 5.58. The van der Waals surface area contributed by atoms with Gasteiger partial charge in [-0.1, -0.05) is 48.5 Å². The largest absolute Gasteiger partial charge is 0.445 e.